The zero-order valence-electron chi connectivity index (χ0n) is 14.8. The molecule has 0 aliphatic carbocycles. The second-order valence-electron chi connectivity index (χ2n) is 6.35. The first kappa shape index (κ1) is 16.3. The predicted octanol–water partition coefficient (Wildman–Crippen LogP) is 5.55. The molecule has 0 spiro atoms. The van der Waals surface area contributed by atoms with Gasteiger partial charge in [-0.25, -0.2) is 9.37 Å². The molecule has 130 valence electrons. The Morgan fingerprint density at radius 3 is 2.50 bits per heavy atom. The molecule has 2 aromatic carbocycles. The fourth-order valence-electron chi connectivity index (χ4n) is 3.18. The van der Waals surface area contributed by atoms with E-state index in [0.29, 0.717) is 0 Å². The van der Waals surface area contributed by atoms with E-state index in [1.807, 2.05) is 24.5 Å². The van der Waals surface area contributed by atoms with Crippen LogP contribution in [0.1, 0.15) is 12.5 Å². The minimum Gasteiger partial charge on any atom is -0.385 e. The van der Waals surface area contributed by atoms with Crippen molar-refractivity contribution in [3.63, 3.8) is 0 Å². The number of aryl methyl sites for hydroxylation is 1. The summed E-state index contributed by atoms with van der Waals surface area (Å²) in [7, 11) is 0. The van der Waals surface area contributed by atoms with Crippen LogP contribution < -0.4 is 5.32 Å². The molecule has 4 aromatic rings. The fourth-order valence-corrected chi connectivity index (χ4v) is 3.18. The summed E-state index contributed by atoms with van der Waals surface area (Å²) in [5, 5.41) is 3.40. The number of hydrogen-bond donors (Lipinski definition) is 1. The maximum atomic E-state index is 13.1. The summed E-state index contributed by atoms with van der Waals surface area (Å²) in [6.07, 6.45) is 3.91. The minimum absolute atomic E-state index is 0.228. The Kier molecular flexibility index (Phi) is 4.17. The highest BCUT2D eigenvalue weighted by Crippen LogP contribution is 2.28. The van der Waals surface area contributed by atoms with Gasteiger partial charge in [0.05, 0.1) is 11.9 Å². The molecule has 0 unspecified atom stereocenters. The lowest BCUT2D eigenvalue weighted by Crippen LogP contribution is -1.99. The van der Waals surface area contributed by atoms with Crippen molar-refractivity contribution in [3.8, 4) is 22.4 Å². The van der Waals surface area contributed by atoms with Gasteiger partial charge in [-0.05, 0) is 60.9 Å². The van der Waals surface area contributed by atoms with Crippen LogP contribution >= 0.6 is 0 Å². The largest absolute Gasteiger partial charge is 0.385 e. The molecule has 0 aliphatic rings. The number of halogens is 1. The summed E-state index contributed by atoms with van der Waals surface area (Å²) >= 11 is 0. The zero-order chi connectivity index (χ0) is 18.1. The second-order valence-corrected chi connectivity index (χ2v) is 6.35. The Morgan fingerprint density at radius 2 is 1.73 bits per heavy atom. The summed E-state index contributed by atoms with van der Waals surface area (Å²) < 4.78 is 15.2. The van der Waals surface area contributed by atoms with Gasteiger partial charge in [0, 0.05) is 24.0 Å². The van der Waals surface area contributed by atoms with E-state index in [1.165, 1.54) is 17.7 Å². The van der Waals surface area contributed by atoms with E-state index in [4.69, 9.17) is 0 Å². The van der Waals surface area contributed by atoms with Crippen LogP contribution in [0.25, 0.3) is 28.0 Å². The molecule has 4 heteroatoms. The third-order valence-electron chi connectivity index (χ3n) is 4.59. The topological polar surface area (TPSA) is 29.3 Å². The molecule has 0 saturated heterocycles. The van der Waals surface area contributed by atoms with Gasteiger partial charge in [0.2, 0.25) is 0 Å². The number of aromatic nitrogens is 2. The lowest BCUT2D eigenvalue weighted by Gasteiger charge is -2.10. The molecular formula is C22H20FN3. The van der Waals surface area contributed by atoms with Crippen LogP contribution in [-0.4, -0.2) is 15.9 Å². The summed E-state index contributed by atoms with van der Waals surface area (Å²) in [5.41, 5.74) is 7.40. The number of nitrogens with zero attached hydrogens (tertiary/aromatic N) is 2. The van der Waals surface area contributed by atoms with Crippen LogP contribution in [0.3, 0.4) is 0 Å². The lowest BCUT2D eigenvalue weighted by molar-refractivity contribution is 0.628. The minimum atomic E-state index is -0.228. The van der Waals surface area contributed by atoms with E-state index in [2.05, 4.69) is 46.7 Å². The first-order chi connectivity index (χ1) is 12.7. The average molecular weight is 345 g/mol. The van der Waals surface area contributed by atoms with Crippen LogP contribution in [0, 0.1) is 12.7 Å². The van der Waals surface area contributed by atoms with E-state index >= 15 is 0 Å². The van der Waals surface area contributed by atoms with Crippen LogP contribution in [0.5, 0.6) is 0 Å². The van der Waals surface area contributed by atoms with Gasteiger partial charge in [-0.3, -0.25) is 4.40 Å². The van der Waals surface area contributed by atoms with Crippen molar-refractivity contribution in [3.05, 3.63) is 78.4 Å². The predicted molar refractivity (Wildman–Crippen MR) is 105 cm³/mol. The van der Waals surface area contributed by atoms with Crippen molar-refractivity contribution in [1.82, 2.24) is 9.38 Å². The Bertz CT molecular complexity index is 1060. The van der Waals surface area contributed by atoms with Crippen molar-refractivity contribution < 1.29 is 4.39 Å². The van der Waals surface area contributed by atoms with Crippen molar-refractivity contribution in [1.29, 1.82) is 0 Å². The molecule has 3 nitrogen and oxygen atoms in total. The Hall–Kier alpha value is -3.14. The molecule has 0 saturated carbocycles. The molecule has 0 radical (unpaired) electrons. The third-order valence-corrected chi connectivity index (χ3v) is 4.59. The van der Waals surface area contributed by atoms with Crippen molar-refractivity contribution in [2.45, 2.75) is 13.8 Å². The van der Waals surface area contributed by atoms with Crippen molar-refractivity contribution >= 4 is 11.3 Å². The molecule has 0 bridgehead atoms. The van der Waals surface area contributed by atoms with E-state index in [-0.39, 0.29) is 5.82 Å². The van der Waals surface area contributed by atoms with E-state index in [1.54, 1.807) is 12.1 Å². The van der Waals surface area contributed by atoms with Crippen molar-refractivity contribution in [2.75, 3.05) is 11.9 Å². The number of anilines is 1. The number of pyridine rings is 1. The zero-order valence-corrected chi connectivity index (χ0v) is 14.8. The van der Waals surface area contributed by atoms with Gasteiger partial charge in [0.25, 0.3) is 0 Å². The highest BCUT2D eigenvalue weighted by Gasteiger charge is 2.09. The Morgan fingerprint density at radius 1 is 0.962 bits per heavy atom. The van der Waals surface area contributed by atoms with Crippen molar-refractivity contribution in [2.24, 2.45) is 0 Å². The molecule has 0 atom stereocenters. The van der Waals surface area contributed by atoms with Gasteiger partial charge in [0.15, 0.2) is 0 Å². The smallest absolute Gasteiger partial charge is 0.137 e. The van der Waals surface area contributed by atoms with Gasteiger partial charge in [0.1, 0.15) is 11.5 Å². The fraction of sp³-hybridized carbons (Fsp3) is 0.136. The maximum absolute atomic E-state index is 13.1. The highest BCUT2D eigenvalue weighted by atomic mass is 19.1. The maximum Gasteiger partial charge on any atom is 0.137 e. The molecule has 0 aliphatic heterocycles. The summed E-state index contributed by atoms with van der Waals surface area (Å²) in [6.45, 7) is 5.08. The first-order valence-corrected chi connectivity index (χ1v) is 8.73. The molecular weight excluding hydrogens is 325 g/mol. The number of rotatable bonds is 4. The van der Waals surface area contributed by atoms with Gasteiger partial charge in [-0.15, -0.1) is 0 Å². The number of benzene rings is 2. The standard InChI is InChI=1S/C22H20FN3/c1-3-24-20-12-18(5-4-15(20)2)21-14-25-22-13-17(10-11-26(21)22)16-6-8-19(23)9-7-16/h4-14,24H,3H2,1-2H3. The van der Waals surface area contributed by atoms with Crippen LogP contribution in [-0.2, 0) is 0 Å². The van der Waals surface area contributed by atoms with Gasteiger partial charge < -0.3 is 5.32 Å². The molecule has 0 amide bonds. The molecule has 26 heavy (non-hydrogen) atoms. The molecule has 1 N–H and O–H groups in total. The quantitative estimate of drug-likeness (QED) is 0.525. The van der Waals surface area contributed by atoms with Gasteiger partial charge >= 0.3 is 0 Å². The average Bonchev–Trinajstić information content (AvgIpc) is 3.07. The molecule has 2 aromatic heterocycles. The Labute approximate surface area is 152 Å². The first-order valence-electron chi connectivity index (χ1n) is 8.73. The molecule has 0 fully saturated rings. The highest BCUT2D eigenvalue weighted by molar-refractivity contribution is 5.73. The molecule has 4 rings (SSSR count). The SMILES string of the molecule is CCNc1cc(-c2cnc3cc(-c4ccc(F)cc4)ccn23)ccc1C. The summed E-state index contributed by atoms with van der Waals surface area (Å²) in [5.74, 6) is -0.228. The monoisotopic (exact) mass is 345 g/mol. The lowest BCUT2D eigenvalue weighted by atomic mass is 10.1. The van der Waals surface area contributed by atoms with Gasteiger partial charge in [-0.2, -0.15) is 0 Å². The number of nitrogens with one attached hydrogen (secondary N) is 1. The summed E-state index contributed by atoms with van der Waals surface area (Å²) in [4.78, 5) is 4.57. The third kappa shape index (κ3) is 2.94. The second kappa shape index (κ2) is 6.64. The number of hydrogen-bond acceptors (Lipinski definition) is 2. The van der Waals surface area contributed by atoms with Crippen LogP contribution in [0.15, 0.2) is 67.0 Å². The van der Waals surface area contributed by atoms with Crippen LogP contribution in [0.2, 0.25) is 0 Å². The number of fused-ring (bicyclic) bond motifs is 1. The van der Waals surface area contributed by atoms with Crippen LogP contribution in [0.4, 0.5) is 10.1 Å². The summed E-state index contributed by atoms with van der Waals surface area (Å²) in [6, 6.07) is 17.0. The van der Waals surface area contributed by atoms with E-state index in [0.717, 1.165) is 40.3 Å². The van der Waals surface area contributed by atoms with E-state index in [9.17, 15) is 4.39 Å². The number of imidazole rings is 1. The normalized spacial score (nSPS) is 11.0. The molecule has 2 heterocycles. The van der Waals surface area contributed by atoms with E-state index < -0.39 is 0 Å². The van der Waals surface area contributed by atoms with Gasteiger partial charge in [-0.1, -0.05) is 24.3 Å². The Balaban J connectivity index is 1.76.